The van der Waals surface area contributed by atoms with E-state index in [1.807, 2.05) is 0 Å². The van der Waals surface area contributed by atoms with Gasteiger partial charge in [-0.3, -0.25) is 9.78 Å². The summed E-state index contributed by atoms with van der Waals surface area (Å²) in [6, 6.07) is 8.23. The van der Waals surface area contributed by atoms with Crippen molar-refractivity contribution in [2.24, 2.45) is 0 Å². The molecule has 3 N–H and O–H groups in total. The lowest BCUT2D eigenvalue weighted by Gasteiger charge is -2.17. The maximum Gasteiger partial charge on any atom is 0.257 e. The summed E-state index contributed by atoms with van der Waals surface area (Å²) in [6.45, 7) is 3.27. The van der Waals surface area contributed by atoms with E-state index in [1.165, 1.54) is 5.56 Å². The third-order valence-electron chi connectivity index (χ3n) is 3.21. The fraction of sp³-hybridized carbons (Fsp3) is 0.231. The average Bonchev–Trinajstić information content (AvgIpc) is 2.74. The summed E-state index contributed by atoms with van der Waals surface area (Å²) in [5, 5.41) is 0. The highest BCUT2D eigenvalue weighted by atomic mass is 16.1. The molecule has 1 aliphatic heterocycles. The molecule has 0 amide bonds. The van der Waals surface area contributed by atoms with E-state index in [9.17, 15) is 4.79 Å². The molecule has 2 heterocycles. The highest BCUT2D eigenvalue weighted by molar-refractivity contribution is 5.51. The van der Waals surface area contributed by atoms with E-state index >= 15 is 0 Å². The van der Waals surface area contributed by atoms with Gasteiger partial charge in [0.15, 0.2) is 0 Å². The number of rotatable bonds is 1. The van der Waals surface area contributed by atoms with Gasteiger partial charge in [0.1, 0.15) is 0 Å². The van der Waals surface area contributed by atoms with E-state index in [-0.39, 0.29) is 11.5 Å². The van der Waals surface area contributed by atoms with Crippen molar-refractivity contribution in [2.45, 2.75) is 20.0 Å². The zero-order chi connectivity index (χ0) is 12.7. The summed E-state index contributed by atoms with van der Waals surface area (Å²) in [7, 11) is 0. The average molecular weight is 242 g/mol. The van der Waals surface area contributed by atoms with Crippen LogP contribution in [0.3, 0.4) is 0 Å². The number of benzene rings is 1. The van der Waals surface area contributed by atoms with Gasteiger partial charge in [-0.2, -0.15) is 0 Å². The number of hydrogen-bond acceptors (Lipinski definition) is 4. The lowest BCUT2D eigenvalue weighted by atomic mass is 10.2. The van der Waals surface area contributed by atoms with Gasteiger partial charge < -0.3 is 10.6 Å². The molecule has 0 radical (unpaired) electrons. The lowest BCUT2D eigenvalue weighted by Crippen LogP contribution is -2.18. The highest BCUT2D eigenvalue weighted by Crippen LogP contribution is 2.25. The fourth-order valence-electron chi connectivity index (χ4n) is 2.22. The topological polar surface area (TPSA) is 75.0 Å². The van der Waals surface area contributed by atoms with Gasteiger partial charge in [-0.05, 0) is 19.1 Å². The Morgan fingerprint density at radius 1 is 1.28 bits per heavy atom. The number of anilines is 2. The number of aryl methyl sites for hydroxylation is 1. The molecule has 18 heavy (non-hydrogen) atoms. The van der Waals surface area contributed by atoms with Gasteiger partial charge in [-0.15, -0.1) is 0 Å². The van der Waals surface area contributed by atoms with Crippen molar-refractivity contribution in [3.63, 3.8) is 0 Å². The lowest BCUT2D eigenvalue weighted by molar-refractivity contribution is 0.870. The maximum atomic E-state index is 11.8. The van der Waals surface area contributed by atoms with Gasteiger partial charge in [0.25, 0.3) is 5.56 Å². The number of aromatic amines is 1. The van der Waals surface area contributed by atoms with Crippen LogP contribution in [0, 0.1) is 6.92 Å². The molecule has 0 fully saturated rings. The molecule has 1 aromatic carbocycles. The summed E-state index contributed by atoms with van der Waals surface area (Å²) < 4.78 is 0. The summed E-state index contributed by atoms with van der Waals surface area (Å²) >= 11 is 0. The second-order valence-electron chi connectivity index (χ2n) is 4.57. The first-order valence-electron chi connectivity index (χ1n) is 5.82. The SMILES string of the molecule is Cc1ccc(N2Cc3nc(N)[nH]c(=O)c3C2)cc1. The molecule has 3 rings (SSSR count). The van der Waals surface area contributed by atoms with Crippen LogP contribution in [0.4, 0.5) is 11.6 Å². The minimum atomic E-state index is -0.132. The minimum Gasteiger partial charge on any atom is -0.369 e. The van der Waals surface area contributed by atoms with E-state index < -0.39 is 0 Å². The van der Waals surface area contributed by atoms with Crippen LogP contribution in [-0.4, -0.2) is 9.97 Å². The quantitative estimate of drug-likeness (QED) is 0.787. The first-order chi connectivity index (χ1) is 8.63. The van der Waals surface area contributed by atoms with E-state index in [0.717, 1.165) is 11.4 Å². The number of aromatic nitrogens is 2. The number of H-pyrrole nitrogens is 1. The van der Waals surface area contributed by atoms with Crippen LogP contribution in [-0.2, 0) is 13.1 Å². The van der Waals surface area contributed by atoms with Gasteiger partial charge in [0, 0.05) is 5.69 Å². The molecular weight excluding hydrogens is 228 g/mol. The van der Waals surface area contributed by atoms with Crippen molar-refractivity contribution in [1.29, 1.82) is 0 Å². The fourth-order valence-corrected chi connectivity index (χ4v) is 2.22. The largest absolute Gasteiger partial charge is 0.369 e. The first kappa shape index (κ1) is 10.8. The van der Waals surface area contributed by atoms with Crippen molar-refractivity contribution in [1.82, 2.24) is 9.97 Å². The molecule has 1 aliphatic rings. The van der Waals surface area contributed by atoms with Crippen LogP contribution in [0.1, 0.15) is 16.8 Å². The molecule has 0 saturated heterocycles. The van der Waals surface area contributed by atoms with E-state index in [0.29, 0.717) is 18.7 Å². The van der Waals surface area contributed by atoms with Crippen LogP contribution < -0.4 is 16.2 Å². The molecule has 5 heteroatoms. The van der Waals surface area contributed by atoms with Crippen molar-refractivity contribution >= 4 is 11.6 Å². The smallest absolute Gasteiger partial charge is 0.257 e. The number of fused-ring (bicyclic) bond motifs is 1. The van der Waals surface area contributed by atoms with Crippen LogP contribution in [0.2, 0.25) is 0 Å². The van der Waals surface area contributed by atoms with Crippen molar-refractivity contribution in [2.75, 3.05) is 10.6 Å². The zero-order valence-electron chi connectivity index (χ0n) is 10.1. The van der Waals surface area contributed by atoms with Gasteiger partial charge in [-0.25, -0.2) is 4.98 Å². The van der Waals surface area contributed by atoms with E-state index in [4.69, 9.17) is 5.73 Å². The molecule has 0 aliphatic carbocycles. The summed E-state index contributed by atoms with van der Waals surface area (Å²) in [4.78, 5) is 20.6. The predicted molar refractivity (Wildman–Crippen MR) is 70.3 cm³/mol. The number of nitrogens with two attached hydrogens (primary N) is 1. The molecule has 0 unspecified atom stereocenters. The third-order valence-corrected chi connectivity index (χ3v) is 3.21. The normalized spacial score (nSPS) is 13.7. The van der Waals surface area contributed by atoms with Gasteiger partial charge >= 0.3 is 0 Å². The van der Waals surface area contributed by atoms with E-state index in [1.54, 1.807) is 0 Å². The summed E-state index contributed by atoms with van der Waals surface area (Å²) in [6.07, 6.45) is 0. The standard InChI is InChI=1S/C13H14N4O/c1-8-2-4-9(5-3-8)17-6-10-11(7-17)15-13(14)16-12(10)18/h2-5H,6-7H2,1H3,(H3,14,15,16,18). The number of nitrogens with zero attached hydrogens (tertiary/aromatic N) is 2. The number of hydrogen-bond donors (Lipinski definition) is 2. The van der Waals surface area contributed by atoms with Crippen molar-refractivity contribution < 1.29 is 0 Å². The Bertz CT molecular complexity index is 645. The highest BCUT2D eigenvalue weighted by Gasteiger charge is 2.23. The molecule has 0 bridgehead atoms. The molecule has 0 atom stereocenters. The third kappa shape index (κ3) is 1.73. The summed E-state index contributed by atoms with van der Waals surface area (Å²) in [5.74, 6) is 0.185. The Labute approximate surface area is 104 Å². The Hall–Kier alpha value is -2.30. The molecular formula is C13H14N4O. The minimum absolute atomic E-state index is 0.132. The van der Waals surface area contributed by atoms with Crippen LogP contribution >= 0.6 is 0 Å². The van der Waals surface area contributed by atoms with Gasteiger partial charge in [0.05, 0.1) is 24.3 Å². The van der Waals surface area contributed by atoms with Crippen LogP contribution in [0.25, 0.3) is 0 Å². The molecule has 0 spiro atoms. The number of nitrogens with one attached hydrogen (secondary N) is 1. The van der Waals surface area contributed by atoms with Crippen molar-refractivity contribution in [3.8, 4) is 0 Å². The van der Waals surface area contributed by atoms with Gasteiger partial charge in [-0.1, -0.05) is 17.7 Å². The molecule has 0 saturated carbocycles. The second-order valence-corrected chi connectivity index (χ2v) is 4.57. The zero-order valence-corrected chi connectivity index (χ0v) is 10.1. The monoisotopic (exact) mass is 242 g/mol. The second kappa shape index (κ2) is 3.87. The first-order valence-corrected chi connectivity index (χ1v) is 5.82. The van der Waals surface area contributed by atoms with Crippen LogP contribution in [0.15, 0.2) is 29.1 Å². The molecule has 5 nitrogen and oxygen atoms in total. The molecule has 1 aromatic heterocycles. The Kier molecular flexibility index (Phi) is 2.33. The van der Waals surface area contributed by atoms with E-state index in [2.05, 4.69) is 46.1 Å². The summed E-state index contributed by atoms with van der Waals surface area (Å²) in [5.41, 5.74) is 9.22. The van der Waals surface area contributed by atoms with Gasteiger partial charge in [0.2, 0.25) is 5.95 Å². The molecule has 92 valence electrons. The Morgan fingerprint density at radius 2 is 2.00 bits per heavy atom. The molecule has 2 aromatic rings. The van der Waals surface area contributed by atoms with Crippen molar-refractivity contribution in [3.05, 3.63) is 51.4 Å². The maximum absolute atomic E-state index is 11.8. The number of nitrogen functional groups attached to an aromatic ring is 1. The Balaban J connectivity index is 1.95. The Morgan fingerprint density at radius 3 is 2.72 bits per heavy atom. The van der Waals surface area contributed by atoms with Crippen LogP contribution in [0.5, 0.6) is 0 Å². The predicted octanol–water partition coefficient (Wildman–Crippen LogP) is 1.18.